The Kier molecular flexibility index (Phi) is 21.9. The van der Waals surface area contributed by atoms with Crippen molar-refractivity contribution in [2.24, 2.45) is 0 Å². The topological polar surface area (TPSA) is 303 Å². The first-order valence-corrected chi connectivity index (χ1v) is 33.7. The second kappa shape index (κ2) is 30.9. The normalized spacial score (nSPS) is 19.8. The van der Waals surface area contributed by atoms with E-state index < -0.39 is 104 Å². The number of rotatable bonds is 26. The number of alkyl halides is 1. The van der Waals surface area contributed by atoms with Gasteiger partial charge in [-0.3, -0.25) is 23.2 Å². The van der Waals surface area contributed by atoms with Crippen molar-refractivity contribution in [2.45, 2.75) is 81.1 Å². The Bertz CT molecular complexity index is 4340. The predicted octanol–water partition coefficient (Wildman–Crippen LogP) is 9.56. The van der Waals surface area contributed by atoms with Crippen LogP contribution in [0.5, 0.6) is 11.5 Å². The molecule has 31 heteroatoms. The Morgan fingerprint density at radius 3 is 1.64 bits per heavy atom. The molecule has 0 aliphatic carbocycles. The van der Waals surface area contributed by atoms with Crippen LogP contribution < -0.4 is 20.1 Å². The molecule has 9 aromatic rings. The summed E-state index contributed by atoms with van der Waals surface area (Å²) >= 11 is 6.21. The van der Waals surface area contributed by atoms with Gasteiger partial charge < -0.3 is 72.6 Å². The number of nitrogens with one attached hydrogen (secondary N) is 2. The molecule has 1 unspecified atom stereocenters. The summed E-state index contributed by atoms with van der Waals surface area (Å²) in [5.41, 5.74) is 0.636. The van der Waals surface area contributed by atoms with Crippen LogP contribution in [0.3, 0.4) is 0 Å². The maximum atomic E-state index is 18.5. The molecule has 4 aromatic heterocycles. The second-order valence-electron chi connectivity index (χ2n) is 23.8. The molecule has 0 bridgehead atoms. The van der Waals surface area contributed by atoms with Gasteiger partial charge in [-0.1, -0.05) is 91.0 Å². The molecule has 0 saturated carbocycles. The fourth-order valence-corrected chi connectivity index (χ4v) is 13.2. The minimum absolute atomic E-state index is 0.0184. The molecular formula is C68H71FN13O15PS. The highest BCUT2D eigenvalue weighted by molar-refractivity contribution is 8.07. The van der Waals surface area contributed by atoms with E-state index in [1.165, 1.54) is 58.3 Å². The number of aromatic nitrogens is 8. The lowest BCUT2D eigenvalue weighted by molar-refractivity contribution is -0.0933. The number of hydrogen-bond donors (Lipinski definition) is 3. The van der Waals surface area contributed by atoms with Crippen LogP contribution in [0, 0.1) is 6.57 Å². The third-order valence-electron chi connectivity index (χ3n) is 16.1. The van der Waals surface area contributed by atoms with Gasteiger partial charge in [-0.05, 0) is 97.8 Å². The number of nitrogens with zero attached hydrogens (tertiary/aromatic N) is 11. The second-order valence-corrected chi connectivity index (χ2v) is 26.8. The summed E-state index contributed by atoms with van der Waals surface area (Å²) in [6.45, 7) is 6.64. The van der Waals surface area contributed by atoms with Gasteiger partial charge in [-0.2, -0.15) is 0 Å². The number of hydrogen-bond acceptors (Lipinski definition) is 22. The van der Waals surface area contributed by atoms with Crippen LogP contribution in [0.25, 0.3) is 27.2 Å². The Labute approximate surface area is 573 Å². The van der Waals surface area contributed by atoms with Crippen LogP contribution >= 0.6 is 6.72 Å². The molecule has 2 saturated heterocycles. The van der Waals surface area contributed by atoms with Gasteiger partial charge >= 0.3 is 18.9 Å². The first-order valence-electron chi connectivity index (χ1n) is 31.2. The van der Waals surface area contributed by atoms with E-state index in [0.717, 1.165) is 0 Å². The number of anilines is 2. The first-order chi connectivity index (χ1) is 47.7. The Morgan fingerprint density at radius 2 is 1.13 bits per heavy atom. The zero-order valence-corrected chi connectivity index (χ0v) is 56.5. The van der Waals surface area contributed by atoms with E-state index in [2.05, 4.69) is 45.4 Å². The Balaban J connectivity index is 0.934. The smallest absolute Gasteiger partial charge is 0.410 e. The summed E-state index contributed by atoms with van der Waals surface area (Å²) in [6, 6.07) is 40.7. The summed E-state index contributed by atoms with van der Waals surface area (Å²) < 4.78 is 84.0. The standard InChI is InChI=1S/C68H71FN13O15PS/c1-67(2,3)96-66(87)80(6)34-33-79(5)65(86)95-56-54(83)49(93-64(56)82-41-76-53-58(72-39-74-60(53)82)78-62(85)43-20-14-10-15-21-43)37-92-98(99,91-35-32-70-4)97-55-50(94-63(51(55)69)81-40-75-52-57(71-38-73-59(52)81)77-61(84)42-18-12-9-13-19-42)36-90-68(44-22-16-11-17-23-44,45-24-28-47(88-7)29-25-45)46-26-30-48(89-8)31-27-46/h9-31,38-41,49-51,54-56,63-64,83H,32-37H2,1-3,5-8H3,(H,71,73,77,84)(H,72,74,78,85)/t49-,50-,51-,54-,55-,56-,63-,64-,98?/m1/s1. The predicted molar refractivity (Wildman–Crippen MR) is 361 cm³/mol. The van der Waals surface area contributed by atoms with E-state index in [1.807, 2.05) is 54.6 Å². The van der Waals surface area contributed by atoms with Crippen LogP contribution in [0.2, 0.25) is 0 Å². The molecule has 11 rings (SSSR count). The van der Waals surface area contributed by atoms with Crippen molar-refractivity contribution in [3.63, 3.8) is 0 Å². The van der Waals surface area contributed by atoms with Gasteiger partial charge in [0.25, 0.3) is 11.8 Å². The maximum Gasteiger partial charge on any atom is 0.410 e. The lowest BCUT2D eigenvalue weighted by Gasteiger charge is -2.37. The molecule has 2 aliphatic heterocycles. The van der Waals surface area contributed by atoms with Crippen LogP contribution in [0.15, 0.2) is 165 Å². The molecule has 2 aliphatic rings. The van der Waals surface area contributed by atoms with E-state index in [1.54, 1.807) is 120 Å². The molecule has 3 N–H and O–H groups in total. The summed E-state index contributed by atoms with van der Waals surface area (Å²) in [5.74, 6) is 0.179. The minimum atomic E-state index is -4.42. The highest BCUT2D eigenvalue weighted by Crippen LogP contribution is 2.55. The molecule has 516 valence electrons. The molecule has 9 atom stereocenters. The van der Waals surface area contributed by atoms with E-state index in [-0.39, 0.29) is 60.2 Å². The summed E-state index contributed by atoms with van der Waals surface area (Å²) in [7, 11) is 6.04. The van der Waals surface area contributed by atoms with E-state index in [9.17, 15) is 24.3 Å². The van der Waals surface area contributed by atoms with Gasteiger partial charge in [0.15, 0.2) is 58.7 Å². The van der Waals surface area contributed by atoms with Crippen LogP contribution in [0.4, 0.5) is 25.6 Å². The molecule has 5 aromatic carbocycles. The van der Waals surface area contributed by atoms with Crippen molar-refractivity contribution >= 4 is 76.5 Å². The van der Waals surface area contributed by atoms with Crippen molar-refractivity contribution in [2.75, 3.05) is 78.4 Å². The number of fused-ring (bicyclic) bond motifs is 2. The van der Waals surface area contributed by atoms with Gasteiger partial charge in [-0.15, -0.1) is 0 Å². The fraction of sp³-hybridized carbons (Fsp3) is 0.338. The third-order valence-corrected chi connectivity index (χ3v) is 18.5. The van der Waals surface area contributed by atoms with Crippen molar-refractivity contribution in [3.05, 3.63) is 204 Å². The zero-order valence-electron chi connectivity index (χ0n) is 54.8. The number of ether oxygens (including phenoxy) is 7. The average Bonchev–Trinajstić information content (AvgIpc) is 1.38. The number of aliphatic hydroxyl groups is 1. The Morgan fingerprint density at radius 1 is 0.646 bits per heavy atom. The minimum Gasteiger partial charge on any atom is -0.497 e. The van der Waals surface area contributed by atoms with Gasteiger partial charge in [0.05, 0.1) is 40.1 Å². The average molecular weight is 1390 g/mol. The van der Waals surface area contributed by atoms with Crippen LogP contribution in [-0.2, 0) is 54.7 Å². The molecule has 4 amide bonds. The van der Waals surface area contributed by atoms with Crippen LogP contribution in [-0.4, -0.2) is 188 Å². The largest absolute Gasteiger partial charge is 0.497 e. The third kappa shape index (κ3) is 15.8. The number of likely N-dealkylation sites (N-methyl/N-ethyl adjacent to an activating group) is 2. The molecule has 99 heavy (non-hydrogen) atoms. The maximum absolute atomic E-state index is 18.5. The number of benzene rings is 5. The molecule has 2 fully saturated rings. The van der Waals surface area contributed by atoms with Gasteiger partial charge in [0.2, 0.25) is 6.54 Å². The molecular weight excluding hydrogens is 1320 g/mol. The number of carbonyl (C=O) groups is 4. The van der Waals surface area contributed by atoms with Crippen molar-refractivity contribution in [1.29, 1.82) is 0 Å². The number of carbonyl (C=O) groups excluding carboxylic acids is 4. The first kappa shape index (κ1) is 70.4. The zero-order chi connectivity index (χ0) is 70.0. The lowest BCUT2D eigenvalue weighted by atomic mass is 9.80. The quantitative estimate of drug-likeness (QED) is 0.0197. The molecule has 0 spiro atoms. The van der Waals surface area contributed by atoms with Gasteiger partial charge in [0.1, 0.15) is 66.4 Å². The number of amides is 4. The van der Waals surface area contributed by atoms with E-state index >= 15 is 4.39 Å². The summed E-state index contributed by atoms with van der Waals surface area (Å²) in [5, 5.41) is 18.0. The fourth-order valence-electron chi connectivity index (χ4n) is 11.1. The number of imidazole rings is 2. The van der Waals surface area contributed by atoms with Crippen LogP contribution in [0.1, 0.15) is 70.6 Å². The van der Waals surface area contributed by atoms with E-state index in [4.69, 9.17) is 65.1 Å². The monoisotopic (exact) mass is 1390 g/mol. The lowest BCUT2D eigenvalue weighted by Crippen LogP contribution is -2.43. The molecule has 28 nitrogen and oxygen atoms in total. The van der Waals surface area contributed by atoms with Gasteiger partial charge in [-0.25, -0.2) is 50.5 Å². The van der Waals surface area contributed by atoms with Crippen molar-refractivity contribution < 1.29 is 75.4 Å². The molecule has 0 radical (unpaired) electrons. The highest BCUT2D eigenvalue weighted by Gasteiger charge is 2.54. The van der Waals surface area contributed by atoms with Crippen molar-refractivity contribution in [3.8, 4) is 11.5 Å². The SMILES string of the molecule is [C-]#[N+]CCOP(=S)(OC[C@H]1O[C@@H](n2cnc3c(NC(=O)c4ccccc4)ncnc32)[C@H](OC(=O)N(C)CCN(C)C(=O)OC(C)(C)C)[C@@H]1O)O[C@H]1[C@@H](F)[C@H](n2cnc3c(NC(=O)c4ccccc4)ncnc32)O[C@@H]1COC(c1ccccc1)(c1ccc(OC)cc1)c1ccc(OC)cc1. The molecule has 6 heterocycles. The van der Waals surface area contributed by atoms with E-state index in [0.29, 0.717) is 39.3 Å². The van der Waals surface area contributed by atoms with Crippen molar-refractivity contribution in [1.82, 2.24) is 48.8 Å². The number of methoxy groups -OCH3 is 2. The van der Waals surface area contributed by atoms with Gasteiger partial charge in [0, 0.05) is 38.3 Å². The summed E-state index contributed by atoms with van der Waals surface area (Å²) in [6.07, 6.45) is -9.87. The highest BCUT2D eigenvalue weighted by atomic mass is 32.5. The number of aliphatic hydroxyl groups excluding tert-OH is 1. The number of halogens is 1. The Hall–Kier alpha value is -9.93. The summed E-state index contributed by atoms with van der Waals surface area (Å²) in [4.78, 5) is 86.4.